The van der Waals surface area contributed by atoms with Gasteiger partial charge in [-0.15, -0.1) is 0 Å². The number of halogens is 3. The van der Waals surface area contributed by atoms with Crippen LogP contribution in [0.4, 0.5) is 13.2 Å². The summed E-state index contributed by atoms with van der Waals surface area (Å²) in [4.78, 5) is 12.3. The number of aryl methyl sites for hydroxylation is 1. The Morgan fingerprint density at radius 2 is 1.83 bits per heavy atom. The third-order valence-electron chi connectivity index (χ3n) is 3.38. The molecule has 0 spiro atoms. The first-order valence-corrected chi connectivity index (χ1v) is 6.89. The number of methoxy groups -OCH3 is 1. The molecular formula is C16H17F3N2O2. The Kier molecular flexibility index (Phi) is 5.10. The third-order valence-corrected chi connectivity index (χ3v) is 3.38. The highest BCUT2D eigenvalue weighted by atomic mass is 19.4. The van der Waals surface area contributed by atoms with Gasteiger partial charge in [0.25, 0.3) is 5.91 Å². The van der Waals surface area contributed by atoms with Gasteiger partial charge >= 0.3 is 6.18 Å². The summed E-state index contributed by atoms with van der Waals surface area (Å²) in [6, 6.07) is 7.61. The van der Waals surface area contributed by atoms with Crippen LogP contribution in [-0.2, 0) is 16.6 Å². The summed E-state index contributed by atoms with van der Waals surface area (Å²) in [6.07, 6.45) is -2.90. The van der Waals surface area contributed by atoms with E-state index < -0.39 is 24.2 Å². The number of hydrogen-bond donors (Lipinski definition) is 1. The second kappa shape index (κ2) is 6.87. The zero-order chi connectivity index (χ0) is 17.0. The molecule has 1 heterocycles. The van der Waals surface area contributed by atoms with Crippen LogP contribution in [-0.4, -0.2) is 23.8 Å². The zero-order valence-electron chi connectivity index (χ0n) is 12.7. The van der Waals surface area contributed by atoms with Gasteiger partial charge in [-0.25, -0.2) is 0 Å². The number of carbonyl (C=O) groups excluding carboxylic acids is 1. The van der Waals surface area contributed by atoms with Gasteiger partial charge in [0, 0.05) is 32.1 Å². The monoisotopic (exact) mass is 326 g/mol. The number of carbonyl (C=O) groups is 1. The van der Waals surface area contributed by atoms with E-state index in [1.807, 2.05) is 5.32 Å². The fourth-order valence-corrected chi connectivity index (χ4v) is 2.29. The van der Waals surface area contributed by atoms with Crippen molar-refractivity contribution in [1.82, 2.24) is 9.88 Å². The molecule has 1 aromatic heterocycles. The van der Waals surface area contributed by atoms with E-state index in [9.17, 15) is 18.0 Å². The van der Waals surface area contributed by atoms with Gasteiger partial charge in [-0.3, -0.25) is 4.79 Å². The average molecular weight is 326 g/mol. The molecule has 0 radical (unpaired) electrons. The zero-order valence-corrected chi connectivity index (χ0v) is 12.7. The number of nitrogens with one attached hydrogen (secondary N) is 1. The molecule has 2 aromatic rings. The molecule has 1 amide bonds. The van der Waals surface area contributed by atoms with Crippen molar-refractivity contribution >= 4 is 5.91 Å². The molecule has 0 aliphatic carbocycles. The molecule has 2 rings (SSSR count). The summed E-state index contributed by atoms with van der Waals surface area (Å²) < 4.78 is 46.4. The number of amides is 1. The predicted octanol–water partition coefficient (Wildman–Crippen LogP) is 3.13. The number of ether oxygens (including phenoxy) is 1. The Bertz CT molecular complexity index is 653. The van der Waals surface area contributed by atoms with Crippen molar-refractivity contribution in [3.8, 4) is 0 Å². The Labute approximate surface area is 131 Å². The third kappa shape index (κ3) is 4.13. The minimum Gasteiger partial charge on any atom is -0.367 e. The number of alkyl halides is 3. The van der Waals surface area contributed by atoms with E-state index in [1.165, 1.54) is 30.1 Å². The summed E-state index contributed by atoms with van der Waals surface area (Å²) in [7, 11) is 2.89. The van der Waals surface area contributed by atoms with Crippen LogP contribution in [0.25, 0.3) is 0 Å². The van der Waals surface area contributed by atoms with E-state index in [0.717, 1.165) is 0 Å². The maximum Gasteiger partial charge on any atom is 0.412 e. The molecule has 0 saturated heterocycles. The number of aromatic nitrogens is 1. The number of nitrogens with zero attached hydrogens (tertiary/aromatic N) is 1. The second-order valence-corrected chi connectivity index (χ2v) is 5.12. The van der Waals surface area contributed by atoms with Crippen LogP contribution in [0.5, 0.6) is 0 Å². The largest absolute Gasteiger partial charge is 0.412 e. The normalized spacial score (nSPS) is 14.3. The van der Waals surface area contributed by atoms with Crippen LogP contribution in [0.3, 0.4) is 0 Å². The van der Waals surface area contributed by atoms with E-state index >= 15 is 0 Å². The highest BCUT2D eigenvalue weighted by Crippen LogP contribution is 2.33. The van der Waals surface area contributed by atoms with Crippen molar-refractivity contribution in [2.45, 2.75) is 18.3 Å². The second-order valence-electron chi connectivity index (χ2n) is 5.12. The Morgan fingerprint density at radius 3 is 2.30 bits per heavy atom. The van der Waals surface area contributed by atoms with Gasteiger partial charge in [-0.1, -0.05) is 30.3 Å². The van der Waals surface area contributed by atoms with Crippen molar-refractivity contribution in [1.29, 1.82) is 0 Å². The SMILES string of the molecule is CO[C@H](C(=O)N[C@@H](c1ccn(C)c1)C(F)(F)F)c1ccccc1. The molecule has 23 heavy (non-hydrogen) atoms. The van der Waals surface area contributed by atoms with Crippen molar-refractivity contribution in [3.05, 3.63) is 59.9 Å². The lowest BCUT2D eigenvalue weighted by Crippen LogP contribution is -2.40. The van der Waals surface area contributed by atoms with E-state index in [4.69, 9.17) is 4.74 Å². The van der Waals surface area contributed by atoms with Crippen molar-refractivity contribution in [2.75, 3.05) is 7.11 Å². The topological polar surface area (TPSA) is 43.3 Å². The minimum atomic E-state index is -4.61. The Balaban J connectivity index is 2.23. The van der Waals surface area contributed by atoms with E-state index in [1.54, 1.807) is 37.4 Å². The molecule has 1 aromatic carbocycles. The van der Waals surface area contributed by atoms with Crippen LogP contribution in [0, 0.1) is 0 Å². The highest BCUT2D eigenvalue weighted by Gasteiger charge is 2.43. The van der Waals surface area contributed by atoms with Gasteiger partial charge in [0.05, 0.1) is 0 Å². The summed E-state index contributed by atoms with van der Waals surface area (Å²) in [6.45, 7) is 0. The first-order valence-electron chi connectivity index (χ1n) is 6.89. The van der Waals surface area contributed by atoms with Crippen molar-refractivity contribution in [3.63, 3.8) is 0 Å². The lowest BCUT2D eigenvalue weighted by Gasteiger charge is -2.24. The molecule has 0 unspecified atom stereocenters. The molecule has 124 valence electrons. The van der Waals surface area contributed by atoms with Crippen molar-refractivity contribution < 1.29 is 22.7 Å². The molecule has 0 bridgehead atoms. The van der Waals surface area contributed by atoms with Crippen molar-refractivity contribution in [2.24, 2.45) is 7.05 Å². The smallest absolute Gasteiger partial charge is 0.367 e. The molecule has 0 fully saturated rings. The summed E-state index contributed by atoms with van der Waals surface area (Å²) in [5.74, 6) is -0.843. The Hall–Kier alpha value is -2.28. The van der Waals surface area contributed by atoms with Gasteiger partial charge in [0.1, 0.15) is 0 Å². The summed E-state index contributed by atoms with van der Waals surface area (Å²) in [5, 5.41) is 2.03. The number of rotatable bonds is 5. The van der Waals surface area contributed by atoms with E-state index in [-0.39, 0.29) is 5.56 Å². The van der Waals surface area contributed by atoms with Crippen LogP contribution in [0.2, 0.25) is 0 Å². The quantitative estimate of drug-likeness (QED) is 0.917. The minimum absolute atomic E-state index is 0.0312. The first-order chi connectivity index (χ1) is 10.8. The number of benzene rings is 1. The number of hydrogen-bond acceptors (Lipinski definition) is 2. The summed E-state index contributed by atoms with van der Waals surface area (Å²) >= 11 is 0. The van der Waals surface area contributed by atoms with E-state index in [0.29, 0.717) is 5.56 Å². The highest BCUT2D eigenvalue weighted by molar-refractivity contribution is 5.82. The van der Waals surface area contributed by atoms with Gasteiger partial charge < -0.3 is 14.6 Å². The maximum atomic E-state index is 13.3. The standard InChI is InChI=1S/C16H17F3N2O2/c1-21-9-8-12(10-21)14(16(17,18)19)20-15(22)13(23-2)11-6-4-3-5-7-11/h3-10,13-14H,1-2H3,(H,20,22)/t13-,14-/m0/s1. The molecule has 4 nitrogen and oxygen atoms in total. The van der Waals surface area contributed by atoms with Gasteiger partial charge in [-0.2, -0.15) is 13.2 Å². The molecule has 0 aliphatic heterocycles. The van der Waals surface area contributed by atoms with E-state index in [2.05, 4.69) is 0 Å². The van der Waals surface area contributed by atoms with Gasteiger partial charge in [-0.05, 0) is 11.6 Å². The molecule has 2 atom stereocenters. The van der Waals surface area contributed by atoms with Crippen LogP contribution < -0.4 is 5.32 Å². The first kappa shape index (κ1) is 17.1. The van der Waals surface area contributed by atoms with Gasteiger partial charge in [0.2, 0.25) is 0 Å². The fraction of sp³-hybridized carbons (Fsp3) is 0.312. The van der Waals surface area contributed by atoms with Gasteiger partial charge in [0.15, 0.2) is 12.1 Å². The van der Waals surface area contributed by atoms with Crippen LogP contribution >= 0.6 is 0 Å². The fourth-order valence-electron chi connectivity index (χ4n) is 2.29. The maximum absolute atomic E-state index is 13.3. The Morgan fingerprint density at radius 1 is 1.17 bits per heavy atom. The average Bonchev–Trinajstić information content (AvgIpc) is 2.91. The molecular weight excluding hydrogens is 309 g/mol. The lowest BCUT2D eigenvalue weighted by atomic mass is 10.1. The lowest BCUT2D eigenvalue weighted by molar-refractivity contribution is -0.166. The molecule has 0 aliphatic rings. The predicted molar refractivity (Wildman–Crippen MR) is 78.5 cm³/mol. The van der Waals surface area contributed by atoms with Crippen LogP contribution in [0.15, 0.2) is 48.8 Å². The summed E-state index contributed by atoms with van der Waals surface area (Å²) in [5.41, 5.74) is 0.456. The molecule has 1 N–H and O–H groups in total. The molecule has 7 heteroatoms. The molecule has 0 saturated carbocycles. The van der Waals surface area contributed by atoms with Crippen LogP contribution in [0.1, 0.15) is 23.3 Å².